The van der Waals surface area contributed by atoms with Crippen molar-refractivity contribution in [1.29, 1.82) is 0 Å². The molecule has 0 aromatic carbocycles. The van der Waals surface area contributed by atoms with Gasteiger partial charge in [-0.25, -0.2) is 4.79 Å². The number of hydrogen-bond donors (Lipinski definition) is 7. The van der Waals surface area contributed by atoms with Gasteiger partial charge in [0.25, 0.3) is 0 Å². The smallest absolute Gasteiger partial charge is 0.326 e. The minimum atomic E-state index is -1.54. The first-order valence-electron chi connectivity index (χ1n) is 20.3. The Morgan fingerprint density at radius 2 is 1.20 bits per heavy atom. The summed E-state index contributed by atoms with van der Waals surface area (Å²) in [5, 5.41) is 30.1. The number of carbonyl (C=O) groups is 5. The van der Waals surface area contributed by atoms with E-state index in [4.69, 9.17) is 24.7 Å². The summed E-state index contributed by atoms with van der Waals surface area (Å²) in [5.74, 6) is -2.12. The standard InChI is InChI=1S/C39H72FN5O11/c1-31(2)15-11-9-7-5-3-4-6-8-10-12-17-35(47)45-33(39(51)52)18-19-34(46)43-21-23-53-25-28-56-30-37(49)44-22-24-54-26-27-55-29-36(48)42-20-14-13-16-32(41)38(40)50/h32-33,37,44,49H,1,3-30,41H2,2H3,(H,42,48)(H,43,46)(H,45,47)(H,51,52). The van der Waals surface area contributed by atoms with Gasteiger partial charge in [-0.1, -0.05) is 56.9 Å². The maximum atomic E-state index is 12.4. The van der Waals surface area contributed by atoms with Crippen molar-refractivity contribution >= 4 is 29.7 Å². The number of carboxylic acid groups (broad SMARTS) is 1. The Hall–Kier alpha value is -3.06. The van der Waals surface area contributed by atoms with E-state index in [1.807, 2.05) is 0 Å². The van der Waals surface area contributed by atoms with Crippen molar-refractivity contribution in [3.8, 4) is 0 Å². The monoisotopic (exact) mass is 806 g/mol. The number of nitrogens with one attached hydrogen (secondary N) is 4. The normalized spacial score (nSPS) is 12.8. The zero-order valence-corrected chi connectivity index (χ0v) is 33.8. The molecule has 3 atom stereocenters. The first-order chi connectivity index (χ1) is 26.9. The molecule has 56 heavy (non-hydrogen) atoms. The molecule has 0 spiro atoms. The van der Waals surface area contributed by atoms with Gasteiger partial charge in [0.1, 0.15) is 18.9 Å². The molecule has 3 amide bonds. The highest BCUT2D eigenvalue weighted by Gasteiger charge is 2.21. The van der Waals surface area contributed by atoms with Crippen LogP contribution in [-0.2, 0) is 42.9 Å². The van der Waals surface area contributed by atoms with Gasteiger partial charge in [0.05, 0.1) is 52.3 Å². The number of halogens is 1. The molecule has 0 bridgehead atoms. The van der Waals surface area contributed by atoms with Gasteiger partial charge in [-0.15, -0.1) is 6.58 Å². The number of amides is 3. The highest BCUT2D eigenvalue weighted by Crippen LogP contribution is 2.13. The molecule has 0 saturated carbocycles. The van der Waals surface area contributed by atoms with Crippen molar-refractivity contribution in [1.82, 2.24) is 21.3 Å². The number of carboxylic acids is 1. The lowest BCUT2D eigenvalue weighted by molar-refractivity contribution is -0.142. The molecule has 0 aromatic rings. The van der Waals surface area contributed by atoms with Gasteiger partial charge in [0.15, 0.2) is 0 Å². The largest absolute Gasteiger partial charge is 0.480 e. The number of nitrogens with two attached hydrogens (primary N) is 1. The molecule has 0 rings (SSSR count). The molecule has 17 heteroatoms. The molecule has 0 radical (unpaired) electrons. The molecule has 8 N–H and O–H groups in total. The second kappa shape index (κ2) is 37.5. The maximum absolute atomic E-state index is 12.4. The first-order valence-corrected chi connectivity index (χ1v) is 20.3. The molecule has 0 aliphatic carbocycles. The maximum Gasteiger partial charge on any atom is 0.326 e. The SMILES string of the molecule is C=C(C)CCCCCCCCCCCCC(=O)NC(CCC(=O)NCCOCCOCC(O)NCCOCCOCC(=O)NCCCCC(N)C(=O)F)C(=O)O. The van der Waals surface area contributed by atoms with E-state index in [9.17, 15) is 38.6 Å². The summed E-state index contributed by atoms with van der Waals surface area (Å²) in [6, 6.07) is -3.77. The number of allylic oxidation sites excluding steroid dienone is 1. The number of hydrogen-bond acceptors (Lipinski definition) is 12. The summed E-state index contributed by atoms with van der Waals surface area (Å²) in [5.41, 5.74) is 6.55. The lowest BCUT2D eigenvalue weighted by Crippen LogP contribution is -2.41. The second-order valence-corrected chi connectivity index (χ2v) is 13.9. The average Bonchev–Trinajstić information content (AvgIpc) is 3.15. The third-order valence-electron chi connectivity index (χ3n) is 8.55. The molecule has 3 unspecified atom stereocenters. The quantitative estimate of drug-likeness (QED) is 0.0204. The summed E-state index contributed by atoms with van der Waals surface area (Å²) in [7, 11) is 0. The van der Waals surface area contributed by atoms with Gasteiger partial charge in [-0.2, -0.15) is 4.39 Å². The van der Waals surface area contributed by atoms with Crippen LogP contribution in [0, 0.1) is 0 Å². The molecule has 0 saturated heterocycles. The molecular formula is C39H72FN5O11. The first kappa shape index (κ1) is 52.9. The number of carbonyl (C=O) groups excluding carboxylic acids is 4. The molecule has 0 aliphatic rings. The van der Waals surface area contributed by atoms with Gasteiger partial charge >= 0.3 is 12.0 Å². The van der Waals surface area contributed by atoms with E-state index in [1.165, 1.54) is 44.1 Å². The topological polar surface area (TPSA) is 237 Å². The van der Waals surface area contributed by atoms with Crippen molar-refractivity contribution < 1.29 is 57.5 Å². The van der Waals surface area contributed by atoms with Crippen molar-refractivity contribution in [3.05, 3.63) is 12.2 Å². The van der Waals surface area contributed by atoms with Gasteiger partial charge in [0, 0.05) is 32.5 Å². The number of rotatable bonds is 41. The van der Waals surface area contributed by atoms with E-state index in [0.717, 1.165) is 25.7 Å². The summed E-state index contributed by atoms with van der Waals surface area (Å²) < 4.78 is 33.7. The summed E-state index contributed by atoms with van der Waals surface area (Å²) in [6.45, 7) is 8.31. The average molecular weight is 806 g/mol. The van der Waals surface area contributed by atoms with Crippen molar-refractivity contribution in [2.45, 2.75) is 134 Å². The Morgan fingerprint density at radius 1 is 0.643 bits per heavy atom. The van der Waals surface area contributed by atoms with Crippen molar-refractivity contribution in [2.75, 3.05) is 72.5 Å². The summed E-state index contributed by atoms with van der Waals surface area (Å²) in [4.78, 5) is 58.2. The summed E-state index contributed by atoms with van der Waals surface area (Å²) >= 11 is 0. The van der Waals surface area contributed by atoms with Crippen LogP contribution in [0.5, 0.6) is 0 Å². The van der Waals surface area contributed by atoms with Crippen molar-refractivity contribution in [3.63, 3.8) is 0 Å². The van der Waals surface area contributed by atoms with E-state index in [0.29, 0.717) is 39.0 Å². The minimum absolute atomic E-state index is 0.0117. The molecule has 0 aromatic heterocycles. The number of aliphatic carboxylic acids is 1. The van der Waals surface area contributed by atoms with E-state index < -0.39 is 30.3 Å². The molecule has 326 valence electrons. The molecule has 16 nitrogen and oxygen atoms in total. The molecule has 0 fully saturated rings. The fourth-order valence-corrected chi connectivity index (χ4v) is 5.31. The zero-order valence-electron chi connectivity index (χ0n) is 33.8. The predicted molar refractivity (Wildman–Crippen MR) is 210 cm³/mol. The zero-order chi connectivity index (χ0) is 41.7. The second-order valence-electron chi connectivity index (χ2n) is 13.9. The van der Waals surface area contributed by atoms with Crippen LogP contribution < -0.4 is 27.0 Å². The van der Waals surface area contributed by atoms with Crippen LogP contribution in [0.1, 0.15) is 116 Å². The third kappa shape index (κ3) is 36.6. The van der Waals surface area contributed by atoms with E-state index >= 15 is 0 Å². The third-order valence-corrected chi connectivity index (χ3v) is 8.55. The number of aliphatic hydroxyl groups excluding tert-OH is 1. The number of aliphatic hydroxyl groups is 1. The van der Waals surface area contributed by atoms with Crippen LogP contribution in [-0.4, -0.2) is 131 Å². The van der Waals surface area contributed by atoms with E-state index in [-0.39, 0.29) is 96.2 Å². The Labute approximate surface area is 332 Å². The lowest BCUT2D eigenvalue weighted by Gasteiger charge is -2.15. The Bertz CT molecular complexity index is 1070. The van der Waals surface area contributed by atoms with Gasteiger partial charge in [-0.05, 0) is 51.9 Å². The van der Waals surface area contributed by atoms with Crippen LogP contribution in [0.25, 0.3) is 0 Å². The van der Waals surface area contributed by atoms with Gasteiger partial charge in [0.2, 0.25) is 17.7 Å². The Balaban J connectivity index is 3.66. The van der Waals surface area contributed by atoms with Gasteiger partial charge in [-0.3, -0.25) is 24.5 Å². The Kier molecular flexibility index (Phi) is 35.5. The van der Waals surface area contributed by atoms with Crippen LogP contribution in [0.2, 0.25) is 0 Å². The van der Waals surface area contributed by atoms with Crippen LogP contribution in [0.3, 0.4) is 0 Å². The summed E-state index contributed by atoms with van der Waals surface area (Å²) in [6.07, 6.45) is 13.0. The molecule has 0 aliphatic heterocycles. The van der Waals surface area contributed by atoms with Crippen LogP contribution >= 0.6 is 0 Å². The van der Waals surface area contributed by atoms with E-state index in [2.05, 4.69) is 34.8 Å². The van der Waals surface area contributed by atoms with E-state index in [1.54, 1.807) is 0 Å². The highest BCUT2D eigenvalue weighted by atomic mass is 19.1. The molecule has 0 heterocycles. The predicted octanol–water partition coefficient (Wildman–Crippen LogP) is 2.79. The van der Waals surface area contributed by atoms with Crippen LogP contribution in [0.15, 0.2) is 12.2 Å². The van der Waals surface area contributed by atoms with Crippen molar-refractivity contribution in [2.24, 2.45) is 5.73 Å². The van der Waals surface area contributed by atoms with Gasteiger partial charge < -0.3 is 50.8 Å². The highest BCUT2D eigenvalue weighted by molar-refractivity contribution is 5.84. The van der Waals surface area contributed by atoms with Crippen LogP contribution in [0.4, 0.5) is 4.39 Å². The molecular weight excluding hydrogens is 733 g/mol. The minimum Gasteiger partial charge on any atom is -0.480 e. The number of ether oxygens (including phenoxy) is 4. The number of unbranched alkanes of at least 4 members (excludes halogenated alkanes) is 10. The fourth-order valence-electron chi connectivity index (χ4n) is 5.31. The Morgan fingerprint density at radius 3 is 1.80 bits per heavy atom. The fraction of sp³-hybridized carbons (Fsp3) is 0.821. The lowest BCUT2D eigenvalue weighted by atomic mass is 10.0.